The molecule has 0 N–H and O–H groups in total. The minimum atomic E-state index is -4.64. The fourth-order valence-corrected chi connectivity index (χ4v) is 3.68. The van der Waals surface area contributed by atoms with Crippen molar-refractivity contribution in [3.8, 4) is 0 Å². The monoisotopic (exact) mass is 404 g/mol. The van der Waals surface area contributed by atoms with E-state index in [0.717, 1.165) is 5.56 Å². The van der Waals surface area contributed by atoms with Crippen LogP contribution in [0.25, 0.3) is 0 Å². The number of hydrogen-bond donors (Lipinski definition) is 0. The molecule has 0 amide bonds. The third kappa shape index (κ3) is 3.71. The molecule has 1 fully saturated rings. The Morgan fingerprint density at radius 3 is 2.77 bits per heavy atom. The van der Waals surface area contributed by atoms with Crippen LogP contribution in [0.1, 0.15) is 16.1 Å². The lowest BCUT2D eigenvalue weighted by molar-refractivity contribution is -0.138. The van der Waals surface area contributed by atoms with Gasteiger partial charge in [0.25, 0.3) is 6.23 Å². The fraction of sp³-hybridized carbons (Fsp3) is 0.400. The molecule has 0 radical (unpaired) electrons. The van der Waals surface area contributed by atoms with Crippen LogP contribution in [0.15, 0.2) is 24.3 Å². The van der Waals surface area contributed by atoms with Crippen molar-refractivity contribution in [2.45, 2.75) is 19.3 Å². The number of nitrogens with zero attached hydrogens (tertiary/aromatic N) is 4. The maximum Gasteiger partial charge on any atom is 0.445 e. The number of rotatable bonds is 3. The van der Waals surface area contributed by atoms with Crippen molar-refractivity contribution in [1.29, 1.82) is 0 Å². The molecule has 0 bridgehead atoms. The van der Waals surface area contributed by atoms with E-state index in [-0.39, 0.29) is 34.7 Å². The van der Waals surface area contributed by atoms with Gasteiger partial charge in [-0.25, -0.2) is 4.90 Å². The van der Waals surface area contributed by atoms with Crippen LogP contribution in [0.4, 0.5) is 18.3 Å². The Morgan fingerprint density at radius 2 is 2.15 bits per heavy atom. The van der Waals surface area contributed by atoms with Crippen molar-refractivity contribution < 1.29 is 17.9 Å². The highest BCUT2D eigenvalue weighted by atomic mass is 32.1. The van der Waals surface area contributed by atoms with E-state index in [1.165, 1.54) is 0 Å². The summed E-state index contributed by atoms with van der Waals surface area (Å²) in [5.74, 6) is 0. The Balaban J connectivity index is 1.86. The van der Waals surface area contributed by atoms with Gasteiger partial charge in [-0.2, -0.15) is 13.2 Å². The number of thiocarbonyl (C=S) groups is 1. The maximum absolute atomic E-state index is 13.3. The van der Waals surface area contributed by atoms with Gasteiger partial charge in [-0.05, 0) is 43.6 Å². The lowest BCUT2D eigenvalue weighted by atomic mass is 10.1. The summed E-state index contributed by atoms with van der Waals surface area (Å²) < 4.78 is 42.9. The van der Waals surface area contributed by atoms with Gasteiger partial charge in [0.1, 0.15) is 6.67 Å². The van der Waals surface area contributed by atoms with Gasteiger partial charge in [0, 0.05) is 5.56 Å². The van der Waals surface area contributed by atoms with E-state index in [2.05, 4.69) is 10.2 Å². The van der Waals surface area contributed by atoms with Gasteiger partial charge in [-0.3, -0.25) is 4.65 Å². The molecule has 1 aliphatic heterocycles. The number of ether oxygens (including phenoxy) is 1. The van der Waals surface area contributed by atoms with E-state index in [9.17, 15) is 18.4 Å². The van der Waals surface area contributed by atoms with Crippen molar-refractivity contribution in [3.63, 3.8) is 0 Å². The van der Waals surface area contributed by atoms with Gasteiger partial charge < -0.3 is 9.94 Å². The van der Waals surface area contributed by atoms with Crippen molar-refractivity contribution >= 4 is 33.7 Å². The van der Waals surface area contributed by atoms with Crippen molar-refractivity contribution in [3.05, 3.63) is 45.6 Å². The average molecular weight is 404 g/mol. The van der Waals surface area contributed by atoms with Gasteiger partial charge >= 0.3 is 11.3 Å². The van der Waals surface area contributed by atoms with Crippen molar-refractivity contribution in [2.75, 3.05) is 20.3 Å². The van der Waals surface area contributed by atoms with Gasteiger partial charge in [-0.1, -0.05) is 28.9 Å². The van der Waals surface area contributed by atoms with Crippen molar-refractivity contribution in [1.82, 2.24) is 19.7 Å². The quantitative estimate of drug-likeness (QED) is 0.445. The smallest absolute Gasteiger partial charge is 0.445 e. The molecule has 140 valence electrons. The van der Waals surface area contributed by atoms with E-state index in [1.807, 2.05) is 19.1 Å². The van der Waals surface area contributed by atoms with Gasteiger partial charge in [0.15, 0.2) is 5.05 Å². The van der Waals surface area contributed by atoms with Crippen LogP contribution in [0.2, 0.25) is 0 Å². The number of hydroxylamine groups is 2. The first kappa shape index (κ1) is 19.1. The molecule has 2 aromatic rings. The molecule has 1 aromatic carbocycles. The highest BCUT2D eigenvalue weighted by Gasteiger charge is 2.47. The molecule has 1 aliphatic rings. The second-order valence-corrected chi connectivity index (χ2v) is 7.42. The minimum Gasteiger partial charge on any atom is -0.622 e. The summed E-state index contributed by atoms with van der Waals surface area (Å²) in [6.45, 7) is 1.99. The van der Waals surface area contributed by atoms with Crippen LogP contribution in [0.3, 0.4) is 0 Å². The van der Waals surface area contributed by atoms with Crippen LogP contribution in [0, 0.1) is 12.1 Å². The lowest BCUT2D eigenvalue weighted by Crippen LogP contribution is -2.50. The predicted molar refractivity (Wildman–Crippen MR) is 95.3 cm³/mol. The number of aryl methyl sites for hydroxylation is 1. The van der Waals surface area contributed by atoms with Crippen LogP contribution in [-0.2, 0) is 10.9 Å². The molecule has 0 saturated carbocycles. The Kier molecular flexibility index (Phi) is 5.01. The molecular weight excluding hydrogens is 389 g/mol. The molecule has 1 aromatic heterocycles. The highest BCUT2D eigenvalue weighted by molar-refractivity contribution is 7.80. The number of alkyl halides is 3. The fourth-order valence-electron chi connectivity index (χ4n) is 2.66. The number of likely N-dealkylation sites (N-methyl/N-ethyl adjacent to an activating group) is 1. The number of hydrogen-bond acceptors (Lipinski definition) is 7. The summed E-state index contributed by atoms with van der Waals surface area (Å²) in [5, 5.41) is 18.5. The summed E-state index contributed by atoms with van der Waals surface area (Å²) in [4.78, 5) is 1.66. The van der Waals surface area contributed by atoms with E-state index < -0.39 is 22.1 Å². The first-order valence-corrected chi connectivity index (χ1v) is 8.78. The topological polar surface area (TPSA) is 61.3 Å². The normalized spacial score (nSPS) is 24.0. The molecule has 11 heteroatoms. The van der Waals surface area contributed by atoms with Crippen molar-refractivity contribution in [2.24, 2.45) is 0 Å². The molecule has 26 heavy (non-hydrogen) atoms. The van der Waals surface area contributed by atoms with Crippen LogP contribution in [-0.4, -0.2) is 46.6 Å². The van der Waals surface area contributed by atoms with E-state index in [0.29, 0.717) is 5.56 Å². The Morgan fingerprint density at radius 1 is 1.42 bits per heavy atom. The lowest BCUT2D eigenvalue weighted by Gasteiger charge is -2.38. The number of halogens is 3. The third-order valence-electron chi connectivity index (χ3n) is 3.86. The summed E-state index contributed by atoms with van der Waals surface area (Å²) in [5.41, 5.74) is 1.60. The average Bonchev–Trinajstić information content (AvgIpc) is 3.13. The summed E-state index contributed by atoms with van der Waals surface area (Å²) >= 11 is 5.50. The Hall–Kier alpha value is -1.66. The number of aromatic nitrogens is 2. The first-order valence-electron chi connectivity index (χ1n) is 7.56. The molecule has 2 heterocycles. The zero-order valence-corrected chi connectivity index (χ0v) is 15.5. The minimum absolute atomic E-state index is 0.104. The van der Waals surface area contributed by atoms with E-state index in [1.54, 1.807) is 24.1 Å². The molecule has 3 rings (SSSR count). The summed E-state index contributed by atoms with van der Waals surface area (Å²) in [6.07, 6.45) is -5.67. The zero-order chi connectivity index (χ0) is 19.1. The second-order valence-electron chi connectivity index (χ2n) is 6.09. The molecule has 1 saturated heterocycles. The molecule has 2 atom stereocenters. The SMILES string of the molecule is Cc1cccc(C(=S)OC2CN(C)C[N+]2([O-])c2nnc(C(F)(F)F)s2)c1. The largest absolute Gasteiger partial charge is 0.622 e. The third-order valence-corrected chi connectivity index (χ3v) is 5.27. The number of quaternary nitrogens is 1. The van der Waals surface area contributed by atoms with Crippen LogP contribution < -0.4 is 4.65 Å². The maximum atomic E-state index is 13.3. The molecule has 0 aliphatic carbocycles. The predicted octanol–water partition coefficient (Wildman–Crippen LogP) is 3.29. The van der Waals surface area contributed by atoms with E-state index in [4.69, 9.17) is 17.0 Å². The first-order chi connectivity index (χ1) is 12.1. The van der Waals surface area contributed by atoms with Gasteiger partial charge in [0.2, 0.25) is 5.01 Å². The summed E-state index contributed by atoms with van der Waals surface area (Å²) in [6, 6.07) is 7.26. The van der Waals surface area contributed by atoms with Gasteiger partial charge in [0.05, 0.1) is 6.54 Å². The second kappa shape index (κ2) is 6.82. The zero-order valence-electron chi connectivity index (χ0n) is 13.9. The molecule has 6 nitrogen and oxygen atoms in total. The Bertz CT molecular complexity index is 829. The highest BCUT2D eigenvalue weighted by Crippen LogP contribution is 2.39. The van der Waals surface area contributed by atoms with Crippen LogP contribution in [0.5, 0.6) is 0 Å². The van der Waals surface area contributed by atoms with E-state index >= 15 is 0 Å². The molecule has 2 unspecified atom stereocenters. The summed E-state index contributed by atoms with van der Waals surface area (Å²) in [7, 11) is 1.68. The molecular formula is C15H15F3N4O2S2. The molecule has 0 spiro atoms. The van der Waals surface area contributed by atoms with Gasteiger partial charge in [-0.15, -0.1) is 5.10 Å². The number of benzene rings is 1. The standard InChI is InChI=1S/C15H15F3N4O2S2/c1-9-4-3-5-10(6-9)12(25)24-11-7-21(2)8-22(11,23)14-20-19-13(26-14)15(16,17)18/h3-6,11H,7-8H2,1-2H3. The Labute approximate surface area is 157 Å². The van der Waals surface area contributed by atoms with Crippen LogP contribution >= 0.6 is 23.6 Å².